The number of aromatic hydroxyl groups is 1. The van der Waals surface area contributed by atoms with Gasteiger partial charge in [-0.1, -0.05) is 18.2 Å². The number of para-hydroxylation sites is 1. The Hall–Kier alpha value is -2.47. The van der Waals surface area contributed by atoms with Crippen molar-refractivity contribution >= 4 is 23.4 Å². The van der Waals surface area contributed by atoms with E-state index >= 15 is 0 Å². The summed E-state index contributed by atoms with van der Waals surface area (Å²) in [5, 5.41) is 10.1. The smallest absolute Gasteiger partial charge is 0.284 e. The van der Waals surface area contributed by atoms with E-state index in [4.69, 9.17) is 12.2 Å². The van der Waals surface area contributed by atoms with E-state index in [1.165, 1.54) is 4.40 Å². The third-order valence-electron chi connectivity index (χ3n) is 3.28. The first-order chi connectivity index (χ1) is 9.16. The summed E-state index contributed by atoms with van der Waals surface area (Å²) in [6.07, 6.45) is 0. The van der Waals surface area contributed by atoms with Gasteiger partial charge >= 0.3 is 0 Å². The molecule has 92 valence electrons. The first-order valence-electron chi connectivity index (χ1n) is 5.65. The number of hydrogen-bond acceptors (Lipinski definition) is 4. The summed E-state index contributed by atoms with van der Waals surface area (Å²) < 4.78 is 1.44. The van der Waals surface area contributed by atoms with Gasteiger partial charge in [-0.15, -0.1) is 0 Å². The molecule has 4 rings (SSSR count). The van der Waals surface area contributed by atoms with E-state index in [-0.39, 0.29) is 16.2 Å². The third kappa shape index (κ3) is 1.21. The van der Waals surface area contributed by atoms with Crippen LogP contribution in [0.4, 0.5) is 5.69 Å². The van der Waals surface area contributed by atoms with Gasteiger partial charge in [-0.3, -0.25) is 4.79 Å². The van der Waals surface area contributed by atoms with Crippen molar-refractivity contribution in [1.82, 2.24) is 9.38 Å². The summed E-state index contributed by atoms with van der Waals surface area (Å²) in [6, 6.07) is 9.24. The van der Waals surface area contributed by atoms with Gasteiger partial charge in [0.15, 0.2) is 4.77 Å². The zero-order chi connectivity index (χ0) is 13.1. The fourth-order valence-electron chi connectivity index (χ4n) is 2.43. The maximum absolute atomic E-state index is 12.4. The van der Waals surface area contributed by atoms with Crippen LogP contribution in [0.25, 0.3) is 16.6 Å². The van der Waals surface area contributed by atoms with E-state index in [0.29, 0.717) is 10.9 Å². The molecule has 0 saturated carbocycles. The Kier molecular flexibility index (Phi) is 1.81. The SMILES string of the molecule is O=c1c2c(cc3c(O)[nH]c(=S)n13)-c1ccccc1N=2. The van der Waals surface area contributed by atoms with Gasteiger partial charge in [0.2, 0.25) is 5.88 Å². The number of benzene rings is 1. The quantitative estimate of drug-likeness (QED) is 0.477. The van der Waals surface area contributed by atoms with Crippen molar-refractivity contribution in [1.29, 1.82) is 0 Å². The minimum absolute atomic E-state index is 0.103. The van der Waals surface area contributed by atoms with E-state index in [2.05, 4.69) is 9.98 Å². The van der Waals surface area contributed by atoms with Crippen molar-refractivity contribution < 1.29 is 5.11 Å². The van der Waals surface area contributed by atoms with Gasteiger partial charge in [-0.25, -0.2) is 9.39 Å². The van der Waals surface area contributed by atoms with Gasteiger partial charge in [0, 0.05) is 11.1 Å². The highest BCUT2D eigenvalue weighted by molar-refractivity contribution is 7.71. The second-order valence-electron chi connectivity index (χ2n) is 4.34. The standard InChI is InChI=1S/C13H7N3O2S/c17-11-9-5-7-6-3-1-2-4-8(6)14-10(7)12(18)16(9)13(19)15-11/h1-5,17H,(H,15,19). The average molecular weight is 269 g/mol. The van der Waals surface area contributed by atoms with E-state index in [1.54, 1.807) is 6.07 Å². The van der Waals surface area contributed by atoms with Crippen LogP contribution >= 0.6 is 12.2 Å². The molecule has 6 heteroatoms. The van der Waals surface area contributed by atoms with Crippen molar-refractivity contribution in [3.63, 3.8) is 0 Å². The van der Waals surface area contributed by atoms with E-state index in [0.717, 1.165) is 16.8 Å². The summed E-state index contributed by atoms with van der Waals surface area (Å²) in [6.45, 7) is 0. The Labute approximate surface area is 111 Å². The van der Waals surface area contributed by atoms with E-state index in [9.17, 15) is 9.90 Å². The topological polar surface area (TPSA) is 69.9 Å². The summed E-state index contributed by atoms with van der Waals surface area (Å²) in [4.78, 5) is 19.3. The number of hydrogen-bond donors (Lipinski definition) is 2. The number of aromatic amines is 1. The van der Waals surface area contributed by atoms with Crippen LogP contribution in [0.3, 0.4) is 0 Å². The van der Waals surface area contributed by atoms with Crippen molar-refractivity contribution in [2.45, 2.75) is 0 Å². The van der Waals surface area contributed by atoms with Crippen LogP contribution in [0.5, 0.6) is 5.88 Å². The molecule has 0 unspecified atom stereocenters. The highest BCUT2D eigenvalue weighted by Crippen LogP contribution is 2.32. The predicted molar refractivity (Wildman–Crippen MR) is 72.4 cm³/mol. The van der Waals surface area contributed by atoms with Crippen molar-refractivity contribution in [3.8, 4) is 17.0 Å². The van der Waals surface area contributed by atoms with Crippen molar-refractivity contribution in [2.75, 3.05) is 0 Å². The Morgan fingerprint density at radius 1 is 1.26 bits per heavy atom. The van der Waals surface area contributed by atoms with Gasteiger partial charge in [0.1, 0.15) is 10.9 Å². The monoisotopic (exact) mass is 269 g/mol. The first-order valence-corrected chi connectivity index (χ1v) is 6.06. The molecule has 2 N–H and O–H groups in total. The zero-order valence-electron chi connectivity index (χ0n) is 9.54. The normalized spacial score (nSPS) is 12.2. The largest absolute Gasteiger partial charge is 0.493 e. The number of nitrogens with zero attached hydrogens (tertiary/aromatic N) is 2. The number of rotatable bonds is 0. The zero-order valence-corrected chi connectivity index (χ0v) is 10.4. The number of fused-ring (bicyclic) bond motifs is 4. The summed E-state index contributed by atoms with van der Waals surface area (Å²) >= 11 is 5.03. The number of imidazole rings is 1. The molecular formula is C13H7N3O2S. The molecule has 1 aromatic carbocycles. The molecule has 0 amide bonds. The number of aromatic nitrogens is 2. The number of pyridine rings is 1. The molecule has 1 aliphatic heterocycles. The van der Waals surface area contributed by atoms with Crippen LogP contribution in [-0.4, -0.2) is 14.5 Å². The molecular weight excluding hydrogens is 262 g/mol. The molecule has 0 radical (unpaired) electrons. The molecule has 3 heterocycles. The van der Waals surface area contributed by atoms with Crippen LogP contribution < -0.4 is 10.9 Å². The van der Waals surface area contributed by atoms with Gasteiger partial charge in [0.25, 0.3) is 5.56 Å². The molecule has 0 saturated heterocycles. The lowest BCUT2D eigenvalue weighted by molar-refractivity contribution is 0.462. The Balaban J connectivity index is 2.30. The molecule has 0 spiro atoms. The van der Waals surface area contributed by atoms with Gasteiger partial charge in [-0.2, -0.15) is 0 Å². The van der Waals surface area contributed by atoms with Crippen LogP contribution in [-0.2, 0) is 0 Å². The maximum atomic E-state index is 12.4. The average Bonchev–Trinajstić information content (AvgIpc) is 2.90. The maximum Gasteiger partial charge on any atom is 0.284 e. The minimum atomic E-state index is -0.315. The number of H-pyrrole nitrogens is 1. The molecule has 0 atom stereocenters. The second-order valence-corrected chi connectivity index (χ2v) is 4.73. The molecule has 0 aliphatic carbocycles. The Bertz CT molecular complexity index is 1020. The predicted octanol–water partition coefficient (Wildman–Crippen LogP) is 1.71. The van der Waals surface area contributed by atoms with E-state index < -0.39 is 0 Å². The van der Waals surface area contributed by atoms with E-state index in [1.807, 2.05) is 24.3 Å². The Morgan fingerprint density at radius 3 is 2.89 bits per heavy atom. The highest BCUT2D eigenvalue weighted by atomic mass is 32.1. The molecule has 3 aromatic rings. The van der Waals surface area contributed by atoms with Crippen molar-refractivity contribution in [3.05, 3.63) is 50.8 Å². The fourth-order valence-corrected chi connectivity index (χ4v) is 2.71. The van der Waals surface area contributed by atoms with Gasteiger partial charge in [0.05, 0.1) is 5.69 Å². The van der Waals surface area contributed by atoms with Gasteiger partial charge < -0.3 is 10.1 Å². The molecule has 2 aromatic heterocycles. The third-order valence-corrected chi connectivity index (χ3v) is 3.56. The molecule has 0 fully saturated rings. The van der Waals surface area contributed by atoms with Crippen LogP contribution in [0.1, 0.15) is 0 Å². The van der Waals surface area contributed by atoms with Crippen molar-refractivity contribution in [2.24, 2.45) is 4.99 Å². The summed E-state index contributed by atoms with van der Waals surface area (Å²) in [5.74, 6) is -0.103. The van der Waals surface area contributed by atoms with Crippen LogP contribution in [0, 0.1) is 4.77 Å². The molecule has 0 bridgehead atoms. The first kappa shape index (κ1) is 10.5. The minimum Gasteiger partial charge on any atom is -0.493 e. The second kappa shape index (κ2) is 3.30. The lowest BCUT2D eigenvalue weighted by atomic mass is 10.1. The molecule has 19 heavy (non-hydrogen) atoms. The number of nitrogens with one attached hydrogen (secondary N) is 1. The molecule has 5 nitrogen and oxygen atoms in total. The Morgan fingerprint density at radius 2 is 2.05 bits per heavy atom. The molecule has 1 aliphatic rings. The summed E-state index contributed by atoms with van der Waals surface area (Å²) in [5.41, 5.74) is 2.44. The fraction of sp³-hybridized carbons (Fsp3) is 0. The van der Waals surface area contributed by atoms with Crippen LogP contribution in [0.2, 0.25) is 0 Å². The highest BCUT2D eigenvalue weighted by Gasteiger charge is 2.19. The van der Waals surface area contributed by atoms with Gasteiger partial charge in [-0.05, 0) is 24.4 Å². The van der Waals surface area contributed by atoms with Crippen LogP contribution in [0.15, 0.2) is 40.1 Å². The lowest BCUT2D eigenvalue weighted by Gasteiger charge is -1.99. The lowest BCUT2D eigenvalue weighted by Crippen LogP contribution is -2.30. The summed E-state index contributed by atoms with van der Waals surface area (Å²) in [7, 11) is 0.